The number of rotatable bonds is 5. The molecular weight excluding hydrogens is 430 g/mol. The van der Waals surface area contributed by atoms with Gasteiger partial charge in [-0.25, -0.2) is 9.59 Å². The second-order valence-corrected chi connectivity index (χ2v) is 8.51. The number of benzene rings is 1. The van der Waals surface area contributed by atoms with Crippen molar-refractivity contribution in [1.82, 2.24) is 19.4 Å². The van der Waals surface area contributed by atoms with Crippen molar-refractivity contribution in [3.05, 3.63) is 52.6 Å². The number of anilines is 1. The van der Waals surface area contributed by atoms with Crippen LogP contribution in [0.4, 0.5) is 10.6 Å². The summed E-state index contributed by atoms with van der Waals surface area (Å²) in [4.78, 5) is 33.0. The van der Waals surface area contributed by atoms with Gasteiger partial charge in [-0.1, -0.05) is 12.1 Å². The Bertz CT molecular complexity index is 957. The first-order valence-corrected chi connectivity index (χ1v) is 10.9. The Morgan fingerprint density at radius 2 is 1.81 bits per heavy atom. The number of nitrogens with two attached hydrogens (primary N) is 2. The summed E-state index contributed by atoms with van der Waals surface area (Å²) in [6.07, 6.45) is 4.61. The van der Waals surface area contributed by atoms with E-state index in [1.807, 2.05) is 24.3 Å². The maximum Gasteiger partial charge on any atom is 0.354 e. The smallest absolute Gasteiger partial charge is 0.330 e. The number of halogens is 1. The van der Waals surface area contributed by atoms with Gasteiger partial charge in [-0.3, -0.25) is 14.8 Å². The Hall–Kier alpha value is -2.46. The van der Waals surface area contributed by atoms with Crippen LogP contribution >= 0.6 is 12.4 Å². The van der Waals surface area contributed by atoms with E-state index in [0.717, 1.165) is 44.6 Å². The van der Waals surface area contributed by atoms with Crippen molar-refractivity contribution in [2.45, 2.75) is 31.8 Å². The van der Waals surface area contributed by atoms with Gasteiger partial charge in [-0.15, -0.1) is 12.4 Å². The van der Waals surface area contributed by atoms with Crippen LogP contribution in [-0.2, 0) is 6.54 Å². The van der Waals surface area contributed by atoms with Crippen LogP contribution in [-0.4, -0.2) is 64.1 Å². The topological polar surface area (TPSA) is 123 Å². The summed E-state index contributed by atoms with van der Waals surface area (Å²) in [5.41, 5.74) is 13.2. The zero-order chi connectivity index (χ0) is 21.8. The van der Waals surface area contributed by atoms with Crippen molar-refractivity contribution >= 4 is 24.3 Å². The van der Waals surface area contributed by atoms with Crippen LogP contribution in [0.3, 0.4) is 0 Å². The monoisotopic (exact) mass is 461 g/mol. The predicted octanol–water partition coefficient (Wildman–Crippen LogP) is 1.39. The highest BCUT2D eigenvalue weighted by Gasteiger charge is 2.25. The molecule has 1 atom stereocenters. The molecule has 0 aliphatic carbocycles. The lowest BCUT2D eigenvalue weighted by Gasteiger charge is -2.30. The van der Waals surface area contributed by atoms with Crippen molar-refractivity contribution < 1.29 is 4.79 Å². The first-order chi connectivity index (χ1) is 15.0. The number of amides is 2. The minimum atomic E-state index is -0.433. The van der Waals surface area contributed by atoms with Gasteiger partial charge in [0.25, 0.3) is 0 Å². The summed E-state index contributed by atoms with van der Waals surface area (Å²) in [5.74, 6) is 0.588. The number of carbonyl (C=O) groups excluding carboxylic acids is 1. The number of aromatic nitrogens is 2. The molecule has 1 aromatic heterocycles. The standard InChI is InChI=1S/C22H31N7O2.ClH/c23-13-17-5-11-28(15-17)21(30)25-20-8-12-29(22(31)26-20)19-3-1-16(2-4-19)14-27-9-6-18(24)7-10-27;/h1-4,8,12,17-18H,5-7,9-11,13-15,23-24H2,(H,25,26,30,31);1H. The molecule has 0 spiro atoms. The summed E-state index contributed by atoms with van der Waals surface area (Å²) in [6.45, 7) is 4.79. The van der Waals surface area contributed by atoms with Gasteiger partial charge in [0.05, 0.1) is 5.69 Å². The van der Waals surface area contributed by atoms with E-state index >= 15 is 0 Å². The van der Waals surface area contributed by atoms with E-state index in [4.69, 9.17) is 11.5 Å². The predicted molar refractivity (Wildman–Crippen MR) is 127 cm³/mol. The van der Waals surface area contributed by atoms with Gasteiger partial charge in [0.1, 0.15) is 5.82 Å². The first kappa shape index (κ1) is 24.2. The Morgan fingerprint density at radius 1 is 1.09 bits per heavy atom. The lowest BCUT2D eigenvalue weighted by molar-refractivity contribution is 0.205. The highest BCUT2D eigenvalue weighted by molar-refractivity contribution is 5.88. The molecule has 3 heterocycles. The number of nitrogens with zero attached hydrogens (tertiary/aromatic N) is 4. The summed E-state index contributed by atoms with van der Waals surface area (Å²) < 4.78 is 1.47. The summed E-state index contributed by atoms with van der Waals surface area (Å²) >= 11 is 0. The number of urea groups is 1. The number of piperidine rings is 1. The molecule has 1 aromatic carbocycles. The molecule has 2 aliphatic heterocycles. The van der Waals surface area contributed by atoms with Crippen molar-refractivity contribution in [2.75, 3.05) is 38.0 Å². The number of nitrogens with one attached hydrogen (secondary N) is 1. The van der Waals surface area contributed by atoms with Crippen LogP contribution in [0.15, 0.2) is 41.3 Å². The van der Waals surface area contributed by atoms with Gasteiger partial charge in [-0.05, 0) is 68.6 Å². The molecule has 2 aliphatic rings. The molecule has 0 bridgehead atoms. The van der Waals surface area contributed by atoms with Gasteiger partial charge in [0.15, 0.2) is 0 Å². The highest BCUT2D eigenvalue weighted by atomic mass is 35.5. The van der Waals surface area contributed by atoms with E-state index < -0.39 is 5.69 Å². The van der Waals surface area contributed by atoms with Gasteiger partial charge in [0, 0.05) is 31.9 Å². The van der Waals surface area contributed by atoms with Crippen LogP contribution in [0.2, 0.25) is 0 Å². The van der Waals surface area contributed by atoms with E-state index in [0.29, 0.717) is 31.6 Å². The van der Waals surface area contributed by atoms with E-state index in [2.05, 4.69) is 15.2 Å². The molecule has 2 saturated heterocycles. The number of likely N-dealkylation sites (tertiary alicyclic amines) is 2. The highest BCUT2D eigenvalue weighted by Crippen LogP contribution is 2.17. The molecule has 2 fully saturated rings. The van der Waals surface area contributed by atoms with Crippen LogP contribution in [0.25, 0.3) is 5.69 Å². The third kappa shape index (κ3) is 5.86. The fraction of sp³-hybridized carbons (Fsp3) is 0.500. The zero-order valence-electron chi connectivity index (χ0n) is 18.2. The normalized spacial score (nSPS) is 19.6. The summed E-state index contributed by atoms with van der Waals surface area (Å²) in [6, 6.07) is 9.63. The van der Waals surface area contributed by atoms with E-state index in [1.165, 1.54) is 10.1 Å². The SMILES string of the molecule is Cl.NCC1CCN(C(=O)Nc2ccn(-c3ccc(CN4CCC(N)CC4)cc3)c(=O)n2)C1. The lowest BCUT2D eigenvalue weighted by Crippen LogP contribution is -2.39. The van der Waals surface area contributed by atoms with Crippen molar-refractivity contribution in [3.8, 4) is 5.69 Å². The zero-order valence-corrected chi connectivity index (χ0v) is 19.0. The average Bonchev–Trinajstić information content (AvgIpc) is 3.26. The quantitative estimate of drug-likeness (QED) is 0.618. The Labute approximate surface area is 194 Å². The molecule has 4 rings (SSSR count). The van der Waals surface area contributed by atoms with Crippen molar-refractivity contribution in [1.29, 1.82) is 0 Å². The Morgan fingerprint density at radius 3 is 2.44 bits per heavy atom. The van der Waals surface area contributed by atoms with Crippen LogP contribution < -0.4 is 22.5 Å². The molecule has 2 amide bonds. The molecule has 2 aromatic rings. The summed E-state index contributed by atoms with van der Waals surface area (Å²) in [5, 5.41) is 2.71. The molecule has 32 heavy (non-hydrogen) atoms. The Kier molecular flexibility index (Phi) is 8.25. The van der Waals surface area contributed by atoms with Crippen LogP contribution in [0, 0.1) is 5.92 Å². The molecule has 1 unspecified atom stereocenters. The molecular formula is C22H32ClN7O2. The van der Waals surface area contributed by atoms with E-state index in [9.17, 15) is 9.59 Å². The maximum absolute atomic E-state index is 12.5. The maximum atomic E-state index is 12.5. The third-order valence-electron chi connectivity index (χ3n) is 6.20. The number of hydrogen-bond acceptors (Lipinski definition) is 6. The molecule has 10 heteroatoms. The molecule has 0 saturated carbocycles. The van der Waals surface area contributed by atoms with Crippen molar-refractivity contribution in [2.24, 2.45) is 17.4 Å². The van der Waals surface area contributed by atoms with Crippen molar-refractivity contribution in [3.63, 3.8) is 0 Å². The van der Waals surface area contributed by atoms with E-state index in [1.54, 1.807) is 17.2 Å². The van der Waals surface area contributed by atoms with Gasteiger partial charge < -0.3 is 16.4 Å². The summed E-state index contributed by atoms with van der Waals surface area (Å²) in [7, 11) is 0. The van der Waals surface area contributed by atoms with E-state index in [-0.39, 0.29) is 24.3 Å². The minimum absolute atomic E-state index is 0. The molecule has 174 valence electrons. The first-order valence-electron chi connectivity index (χ1n) is 10.9. The molecule has 0 radical (unpaired) electrons. The number of hydrogen-bond donors (Lipinski definition) is 3. The average molecular weight is 462 g/mol. The Balaban J connectivity index is 0.00000289. The minimum Gasteiger partial charge on any atom is -0.330 e. The van der Waals surface area contributed by atoms with Crippen LogP contribution in [0.5, 0.6) is 0 Å². The fourth-order valence-corrected chi connectivity index (χ4v) is 4.20. The second kappa shape index (κ2) is 10.9. The number of carbonyl (C=O) groups is 1. The third-order valence-corrected chi connectivity index (χ3v) is 6.20. The molecule has 9 nitrogen and oxygen atoms in total. The molecule has 5 N–H and O–H groups in total. The fourth-order valence-electron chi connectivity index (χ4n) is 4.20. The second-order valence-electron chi connectivity index (χ2n) is 8.51. The lowest BCUT2D eigenvalue weighted by atomic mass is 10.1. The van der Waals surface area contributed by atoms with Gasteiger partial charge in [0.2, 0.25) is 0 Å². The van der Waals surface area contributed by atoms with Gasteiger partial charge >= 0.3 is 11.7 Å². The van der Waals surface area contributed by atoms with Gasteiger partial charge in [-0.2, -0.15) is 4.98 Å². The largest absolute Gasteiger partial charge is 0.354 e. The van der Waals surface area contributed by atoms with Crippen LogP contribution in [0.1, 0.15) is 24.8 Å².